The fourth-order valence-corrected chi connectivity index (χ4v) is 6.56. The molecule has 1 aliphatic rings. The Hall–Kier alpha value is -5.87. The number of nitrogens with zero attached hydrogens (tertiary/aromatic N) is 3. The first kappa shape index (κ1) is 25.6. The van der Waals surface area contributed by atoms with Crippen LogP contribution in [0.15, 0.2) is 144 Å². The van der Waals surface area contributed by atoms with Crippen molar-refractivity contribution in [2.24, 2.45) is 0 Å². The third-order valence-corrected chi connectivity index (χ3v) is 8.83. The first-order chi connectivity index (χ1) is 22.3. The minimum absolute atomic E-state index is 0.0708. The number of allylic oxidation sites excluding steroid dienone is 1. The number of para-hydroxylation sites is 1. The fourth-order valence-electron chi connectivity index (χ4n) is 6.56. The van der Waals surface area contributed by atoms with Crippen molar-refractivity contribution < 1.29 is 4.42 Å². The molecule has 0 amide bonds. The molecule has 6 aromatic carbocycles. The summed E-state index contributed by atoms with van der Waals surface area (Å²) in [5.41, 5.74) is 8.61. The van der Waals surface area contributed by atoms with E-state index in [2.05, 4.69) is 109 Å². The lowest BCUT2D eigenvalue weighted by Gasteiger charge is -2.19. The fraction of sp³-hybridized carbons (Fsp3) is 0.0488. The lowest BCUT2D eigenvalue weighted by molar-refractivity contribution is 0.669. The summed E-state index contributed by atoms with van der Waals surface area (Å²) in [5, 5.41) is 4.56. The van der Waals surface area contributed by atoms with Crippen molar-refractivity contribution in [3.8, 4) is 33.9 Å². The average Bonchev–Trinajstić information content (AvgIpc) is 3.50. The van der Waals surface area contributed by atoms with Gasteiger partial charge in [-0.2, -0.15) is 0 Å². The van der Waals surface area contributed by atoms with E-state index in [0.717, 1.165) is 67.2 Å². The molecule has 4 heteroatoms. The number of aromatic nitrogens is 3. The minimum Gasteiger partial charge on any atom is -0.456 e. The van der Waals surface area contributed by atoms with Gasteiger partial charge in [-0.05, 0) is 63.7 Å². The zero-order valence-electron chi connectivity index (χ0n) is 24.4. The van der Waals surface area contributed by atoms with Crippen molar-refractivity contribution in [3.63, 3.8) is 0 Å². The van der Waals surface area contributed by atoms with Gasteiger partial charge in [-0.15, -0.1) is 0 Å². The zero-order valence-corrected chi connectivity index (χ0v) is 24.4. The smallest absolute Gasteiger partial charge is 0.163 e. The predicted molar refractivity (Wildman–Crippen MR) is 183 cm³/mol. The van der Waals surface area contributed by atoms with E-state index < -0.39 is 0 Å². The van der Waals surface area contributed by atoms with Crippen LogP contribution < -0.4 is 0 Å². The molecule has 2 heterocycles. The van der Waals surface area contributed by atoms with Crippen LogP contribution >= 0.6 is 0 Å². The topological polar surface area (TPSA) is 51.8 Å². The van der Waals surface area contributed by atoms with Gasteiger partial charge in [0.1, 0.15) is 17.0 Å². The summed E-state index contributed by atoms with van der Waals surface area (Å²) < 4.78 is 6.18. The van der Waals surface area contributed by atoms with Gasteiger partial charge in [-0.3, -0.25) is 0 Å². The van der Waals surface area contributed by atoms with Crippen LogP contribution in [0.4, 0.5) is 0 Å². The normalized spacial score (nSPS) is 14.3. The molecule has 45 heavy (non-hydrogen) atoms. The van der Waals surface area contributed by atoms with Gasteiger partial charge in [0.2, 0.25) is 0 Å². The Balaban J connectivity index is 1.17. The number of furan rings is 1. The van der Waals surface area contributed by atoms with Crippen molar-refractivity contribution in [1.29, 1.82) is 0 Å². The maximum atomic E-state index is 6.18. The van der Waals surface area contributed by atoms with Crippen LogP contribution in [-0.2, 0) is 6.42 Å². The molecule has 1 unspecified atom stereocenters. The van der Waals surface area contributed by atoms with E-state index in [1.807, 2.05) is 36.4 Å². The van der Waals surface area contributed by atoms with Gasteiger partial charge >= 0.3 is 0 Å². The van der Waals surface area contributed by atoms with Crippen molar-refractivity contribution in [3.05, 3.63) is 156 Å². The second kappa shape index (κ2) is 10.4. The molecule has 1 aliphatic carbocycles. The Morgan fingerprint density at radius 2 is 1.29 bits per heavy atom. The molecule has 0 fully saturated rings. The molecule has 0 bridgehead atoms. The Bertz CT molecular complexity index is 2420. The van der Waals surface area contributed by atoms with Crippen LogP contribution in [-0.4, -0.2) is 15.0 Å². The van der Waals surface area contributed by atoms with Gasteiger partial charge in [-0.25, -0.2) is 15.0 Å². The second-order valence-electron chi connectivity index (χ2n) is 11.6. The largest absolute Gasteiger partial charge is 0.456 e. The highest BCUT2D eigenvalue weighted by Gasteiger charge is 2.21. The quantitative estimate of drug-likeness (QED) is 0.209. The molecule has 0 N–H and O–H groups in total. The molecular formula is C41H27N3O. The summed E-state index contributed by atoms with van der Waals surface area (Å²) in [5.74, 6) is 2.23. The SMILES string of the molecule is C1=CC(c2nc(-c3ccccc3)nc(-c3ccc4ccc(-c5cccc6oc7ccccc7c56)cc4c3)n2)Cc2ccccc21. The summed E-state index contributed by atoms with van der Waals surface area (Å²) in [7, 11) is 0. The molecule has 2 aromatic heterocycles. The number of hydrogen-bond donors (Lipinski definition) is 0. The number of rotatable bonds is 4. The van der Waals surface area contributed by atoms with Crippen LogP contribution in [0.3, 0.4) is 0 Å². The maximum Gasteiger partial charge on any atom is 0.163 e. The Labute approximate surface area is 260 Å². The summed E-state index contributed by atoms with van der Waals surface area (Å²) in [4.78, 5) is 15.1. The molecule has 8 aromatic rings. The van der Waals surface area contributed by atoms with Crippen molar-refractivity contribution in [2.75, 3.05) is 0 Å². The number of benzene rings is 6. The highest BCUT2D eigenvalue weighted by atomic mass is 16.3. The van der Waals surface area contributed by atoms with Gasteiger partial charge in [-0.1, -0.05) is 121 Å². The molecule has 0 spiro atoms. The first-order valence-corrected chi connectivity index (χ1v) is 15.3. The Morgan fingerprint density at radius 1 is 0.556 bits per heavy atom. The summed E-state index contributed by atoms with van der Waals surface area (Å²) >= 11 is 0. The minimum atomic E-state index is 0.0708. The van der Waals surface area contributed by atoms with E-state index in [4.69, 9.17) is 19.4 Å². The van der Waals surface area contributed by atoms with Crippen LogP contribution in [0.5, 0.6) is 0 Å². The molecule has 1 atom stereocenters. The van der Waals surface area contributed by atoms with E-state index in [1.165, 1.54) is 11.1 Å². The third kappa shape index (κ3) is 4.50. The molecule has 0 saturated carbocycles. The summed E-state index contributed by atoms with van der Waals surface area (Å²) in [6.07, 6.45) is 5.28. The average molecular weight is 578 g/mol. The summed E-state index contributed by atoms with van der Waals surface area (Å²) in [6.45, 7) is 0. The Morgan fingerprint density at radius 3 is 2.20 bits per heavy atom. The van der Waals surface area contributed by atoms with E-state index in [9.17, 15) is 0 Å². The standard InChI is InChI=1S/C41H27N3O/c1-2-10-28(11-3-1)39-42-40(31-21-18-26-9-4-5-12-29(26)23-31)44-41(43-39)32-22-19-27-17-20-30(24-33(27)25-32)34-14-8-16-37-38(34)35-13-6-7-15-36(35)45-37/h1-22,24-25,31H,23H2. The Kier molecular flexibility index (Phi) is 5.91. The molecule has 4 nitrogen and oxygen atoms in total. The monoisotopic (exact) mass is 577 g/mol. The predicted octanol–water partition coefficient (Wildman–Crippen LogP) is 10.3. The van der Waals surface area contributed by atoms with Gasteiger partial charge < -0.3 is 4.42 Å². The molecule has 0 aliphatic heterocycles. The molecule has 0 radical (unpaired) electrons. The molecular weight excluding hydrogens is 550 g/mol. The second-order valence-corrected chi connectivity index (χ2v) is 11.6. The zero-order chi connectivity index (χ0) is 29.7. The third-order valence-electron chi connectivity index (χ3n) is 8.83. The van der Waals surface area contributed by atoms with Crippen molar-refractivity contribution in [2.45, 2.75) is 12.3 Å². The highest BCUT2D eigenvalue weighted by Crippen LogP contribution is 2.38. The highest BCUT2D eigenvalue weighted by molar-refractivity contribution is 6.12. The van der Waals surface area contributed by atoms with Crippen molar-refractivity contribution in [1.82, 2.24) is 15.0 Å². The van der Waals surface area contributed by atoms with E-state index >= 15 is 0 Å². The lowest BCUT2D eigenvalue weighted by atomic mass is 9.89. The van der Waals surface area contributed by atoms with Crippen molar-refractivity contribution >= 4 is 38.8 Å². The van der Waals surface area contributed by atoms with E-state index in [1.54, 1.807) is 0 Å². The van der Waals surface area contributed by atoms with Crippen LogP contribution in [0.2, 0.25) is 0 Å². The number of fused-ring (bicyclic) bond motifs is 5. The van der Waals surface area contributed by atoms with Gasteiger partial charge in [0.05, 0.1) is 0 Å². The molecule has 0 saturated heterocycles. The van der Waals surface area contributed by atoms with Crippen LogP contribution in [0, 0.1) is 0 Å². The maximum absolute atomic E-state index is 6.18. The molecule has 9 rings (SSSR count). The summed E-state index contributed by atoms with van der Waals surface area (Å²) in [6, 6.07) is 46.4. The molecule has 212 valence electrons. The lowest BCUT2D eigenvalue weighted by Crippen LogP contribution is -2.12. The van der Waals surface area contributed by atoms with Gasteiger partial charge in [0.15, 0.2) is 11.6 Å². The van der Waals surface area contributed by atoms with Crippen LogP contribution in [0.1, 0.15) is 22.9 Å². The van der Waals surface area contributed by atoms with Crippen LogP contribution in [0.25, 0.3) is 72.7 Å². The number of hydrogen-bond acceptors (Lipinski definition) is 4. The van der Waals surface area contributed by atoms with E-state index in [0.29, 0.717) is 11.6 Å². The first-order valence-electron chi connectivity index (χ1n) is 15.3. The van der Waals surface area contributed by atoms with Gasteiger partial charge in [0, 0.05) is 27.8 Å². The van der Waals surface area contributed by atoms with Gasteiger partial charge in [0.25, 0.3) is 0 Å². The van der Waals surface area contributed by atoms with E-state index in [-0.39, 0.29) is 5.92 Å².